The molecule has 1 N–H and O–H groups in total. The van der Waals surface area contributed by atoms with Crippen molar-refractivity contribution in [2.45, 2.75) is 25.7 Å². The molecule has 98 valence electrons. The number of rotatable bonds is 3. The third-order valence-corrected chi connectivity index (χ3v) is 3.51. The number of aromatic nitrogens is 3. The Kier molecular flexibility index (Phi) is 2.78. The van der Waals surface area contributed by atoms with E-state index < -0.39 is 5.97 Å². The van der Waals surface area contributed by atoms with Crippen LogP contribution in [0.25, 0.3) is 5.69 Å². The quantitative estimate of drug-likeness (QED) is 0.937. The van der Waals surface area contributed by atoms with Crippen LogP contribution in [0, 0.1) is 6.92 Å². The zero-order chi connectivity index (χ0) is 13.6. The van der Waals surface area contributed by atoms with Crippen molar-refractivity contribution in [2.24, 2.45) is 0 Å². The Labute approximate surface area is 114 Å². The van der Waals surface area contributed by atoms with E-state index in [1.54, 1.807) is 4.68 Å². The lowest BCUT2D eigenvalue weighted by Crippen LogP contribution is -2.06. The Hall–Kier alpha value is -1.88. The normalized spacial score (nSPS) is 14.6. The van der Waals surface area contributed by atoms with Crippen molar-refractivity contribution in [1.82, 2.24) is 15.0 Å². The molecule has 19 heavy (non-hydrogen) atoms. The summed E-state index contributed by atoms with van der Waals surface area (Å²) < 4.78 is 1.56. The second-order valence-electron chi connectivity index (χ2n) is 4.77. The summed E-state index contributed by atoms with van der Waals surface area (Å²) in [6.07, 6.45) is 1.94. The van der Waals surface area contributed by atoms with Crippen molar-refractivity contribution in [1.29, 1.82) is 0 Å². The van der Waals surface area contributed by atoms with Gasteiger partial charge in [0.1, 0.15) is 0 Å². The van der Waals surface area contributed by atoms with Crippen molar-refractivity contribution in [3.63, 3.8) is 0 Å². The number of benzene rings is 1. The molecule has 1 saturated carbocycles. The van der Waals surface area contributed by atoms with Gasteiger partial charge in [0.15, 0.2) is 5.69 Å². The number of aryl methyl sites for hydroxylation is 1. The summed E-state index contributed by atoms with van der Waals surface area (Å²) >= 11 is 6.21. The van der Waals surface area contributed by atoms with E-state index in [0.29, 0.717) is 16.4 Å². The highest BCUT2D eigenvalue weighted by Crippen LogP contribution is 2.42. The fourth-order valence-corrected chi connectivity index (χ4v) is 2.44. The van der Waals surface area contributed by atoms with Gasteiger partial charge in [-0.1, -0.05) is 22.9 Å². The van der Waals surface area contributed by atoms with Crippen molar-refractivity contribution in [2.75, 3.05) is 0 Å². The molecular weight excluding hydrogens is 266 g/mol. The van der Waals surface area contributed by atoms with Crippen LogP contribution in [0.4, 0.5) is 0 Å². The van der Waals surface area contributed by atoms with E-state index in [2.05, 4.69) is 10.3 Å². The first-order valence-electron chi connectivity index (χ1n) is 6.03. The van der Waals surface area contributed by atoms with Gasteiger partial charge in [0, 0.05) is 5.92 Å². The second-order valence-corrected chi connectivity index (χ2v) is 5.18. The third-order valence-electron chi connectivity index (χ3n) is 3.20. The fourth-order valence-electron chi connectivity index (χ4n) is 2.13. The van der Waals surface area contributed by atoms with Gasteiger partial charge in [0.2, 0.25) is 0 Å². The van der Waals surface area contributed by atoms with Gasteiger partial charge in [-0.05, 0) is 37.5 Å². The molecule has 0 unspecified atom stereocenters. The lowest BCUT2D eigenvalue weighted by molar-refractivity contribution is 0.0689. The first-order valence-corrected chi connectivity index (χ1v) is 6.41. The SMILES string of the molecule is Cc1ccc(-n2nnc(C(=O)O)c2C2CC2)c(Cl)c1. The molecule has 1 heterocycles. The number of hydrogen-bond donors (Lipinski definition) is 1. The minimum absolute atomic E-state index is 0.0270. The van der Waals surface area contributed by atoms with Crippen LogP contribution in [0.1, 0.15) is 40.5 Å². The summed E-state index contributed by atoms with van der Waals surface area (Å²) in [6.45, 7) is 1.95. The molecule has 6 heteroatoms. The first-order chi connectivity index (χ1) is 9.08. The summed E-state index contributed by atoms with van der Waals surface area (Å²) in [5, 5.41) is 17.4. The molecule has 1 aromatic carbocycles. The summed E-state index contributed by atoms with van der Waals surface area (Å²) in [6, 6.07) is 5.58. The Morgan fingerprint density at radius 2 is 2.21 bits per heavy atom. The Morgan fingerprint density at radius 3 is 2.79 bits per heavy atom. The van der Waals surface area contributed by atoms with Crippen LogP contribution in [0.3, 0.4) is 0 Å². The van der Waals surface area contributed by atoms with Crippen LogP contribution in [0.5, 0.6) is 0 Å². The summed E-state index contributed by atoms with van der Waals surface area (Å²) in [5.41, 5.74) is 2.40. The monoisotopic (exact) mass is 277 g/mol. The largest absolute Gasteiger partial charge is 0.476 e. The Balaban J connectivity index is 2.17. The van der Waals surface area contributed by atoms with Crippen molar-refractivity contribution in [3.05, 3.63) is 40.2 Å². The van der Waals surface area contributed by atoms with Gasteiger partial charge in [0.05, 0.1) is 16.4 Å². The lowest BCUT2D eigenvalue weighted by Gasteiger charge is -2.08. The smallest absolute Gasteiger partial charge is 0.358 e. The topological polar surface area (TPSA) is 68.0 Å². The van der Waals surface area contributed by atoms with Crippen LogP contribution in [-0.2, 0) is 0 Å². The Bertz CT molecular complexity index is 662. The van der Waals surface area contributed by atoms with E-state index in [9.17, 15) is 4.79 Å². The van der Waals surface area contributed by atoms with E-state index in [1.807, 2.05) is 25.1 Å². The van der Waals surface area contributed by atoms with Crippen molar-refractivity contribution < 1.29 is 9.90 Å². The summed E-state index contributed by atoms with van der Waals surface area (Å²) in [5.74, 6) is -0.824. The van der Waals surface area contributed by atoms with Crippen molar-refractivity contribution in [3.8, 4) is 5.69 Å². The van der Waals surface area contributed by atoms with Crippen LogP contribution in [0.15, 0.2) is 18.2 Å². The van der Waals surface area contributed by atoms with Gasteiger partial charge in [-0.15, -0.1) is 5.10 Å². The van der Waals surface area contributed by atoms with Gasteiger partial charge in [-0.3, -0.25) is 0 Å². The average Bonchev–Trinajstić information content (AvgIpc) is 3.08. The third kappa shape index (κ3) is 2.10. The minimum atomic E-state index is -1.05. The Morgan fingerprint density at radius 1 is 1.47 bits per heavy atom. The number of hydrogen-bond acceptors (Lipinski definition) is 3. The predicted octanol–water partition coefficient (Wildman–Crippen LogP) is 2.80. The fraction of sp³-hybridized carbons (Fsp3) is 0.308. The average molecular weight is 278 g/mol. The molecule has 1 aromatic heterocycles. The maximum Gasteiger partial charge on any atom is 0.358 e. The molecule has 2 aromatic rings. The van der Waals surface area contributed by atoms with Crippen LogP contribution in [-0.4, -0.2) is 26.1 Å². The highest BCUT2D eigenvalue weighted by atomic mass is 35.5. The van der Waals surface area contributed by atoms with Crippen LogP contribution in [0.2, 0.25) is 5.02 Å². The number of carbonyl (C=O) groups is 1. The van der Waals surface area contributed by atoms with E-state index in [-0.39, 0.29) is 11.6 Å². The standard InChI is InChI=1S/C13H12ClN3O2/c1-7-2-5-10(9(14)6-7)17-12(8-3-4-8)11(13(18)19)15-16-17/h2,5-6,8H,3-4H2,1H3,(H,18,19). The molecule has 1 aliphatic rings. The molecule has 0 amide bonds. The maximum atomic E-state index is 11.2. The molecule has 0 atom stereocenters. The number of halogens is 1. The number of aromatic carboxylic acids is 1. The molecule has 1 aliphatic carbocycles. The molecule has 5 nitrogen and oxygen atoms in total. The molecule has 0 aliphatic heterocycles. The number of carboxylic acids is 1. The first kappa shape index (κ1) is 12.2. The van der Waals surface area contributed by atoms with Gasteiger partial charge in [0.25, 0.3) is 0 Å². The van der Waals surface area contributed by atoms with E-state index >= 15 is 0 Å². The molecule has 3 rings (SSSR count). The minimum Gasteiger partial charge on any atom is -0.476 e. The highest BCUT2D eigenvalue weighted by Gasteiger charge is 2.34. The molecule has 0 saturated heterocycles. The summed E-state index contributed by atoms with van der Waals surface area (Å²) in [7, 11) is 0. The zero-order valence-corrected chi connectivity index (χ0v) is 11.1. The van der Waals surface area contributed by atoms with Gasteiger partial charge < -0.3 is 5.11 Å². The van der Waals surface area contributed by atoms with Crippen LogP contribution < -0.4 is 0 Å². The molecule has 0 radical (unpaired) electrons. The molecule has 0 bridgehead atoms. The van der Waals surface area contributed by atoms with Gasteiger partial charge in [-0.2, -0.15) is 0 Å². The van der Waals surface area contributed by atoms with Crippen LogP contribution >= 0.6 is 11.6 Å². The van der Waals surface area contributed by atoms with Gasteiger partial charge >= 0.3 is 5.97 Å². The predicted molar refractivity (Wildman–Crippen MR) is 70.0 cm³/mol. The number of carboxylic acid groups (broad SMARTS) is 1. The second kappa shape index (κ2) is 4.35. The highest BCUT2D eigenvalue weighted by molar-refractivity contribution is 6.32. The van der Waals surface area contributed by atoms with Gasteiger partial charge in [-0.25, -0.2) is 9.48 Å². The molecule has 0 spiro atoms. The number of nitrogens with zero attached hydrogens (tertiary/aromatic N) is 3. The van der Waals surface area contributed by atoms with Crippen molar-refractivity contribution >= 4 is 17.6 Å². The van der Waals surface area contributed by atoms with E-state index in [1.165, 1.54) is 0 Å². The zero-order valence-electron chi connectivity index (χ0n) is 10.3. The lowest BCUT2D eigenvalue weighted by atomic mass is 10.2. The molecule has 1 fully saturated rings. The maximum absolute atomic E-state index is 11.2. The molecular formula is C13H12ClN3O2. The van der Waals surface area contributed by atoms with E-state index in [4.69, 9.17) is 16.7 Å². The van der Waals surface area contributed by atoms with E-state index in [0.717, 1.165) is 18.4 Å². The summed E-state index contributed by atoms with van der Waals surface area (Å²) in [4.78, 5) is 11.2.